The predicted octanol–water partition coefficient (Wildman–Crippen LogP) is 3.93. The first-order chi connectivity index (χ1) is 15.4. The smallest absolute Gasteiger partial charge is 0.273 e. The van der Waals surface area contributed by atoms with Gasteiger partial charge in [0.1, 0.15) is 9.25 Å². The number of nitrogens with zero attached hydrogens (tertiary/aromatic N) is 3. The molecule has 1 unspecified atom stereocenters. The Kier molecular flexibility index (Phi) is 5.77. The first kappa shape index (κ1) is 21.5. The van der Waals surface area contributed by atoms with Crippen LogP contribution in [-0.4, -0.2) is 61.2 Å². The molecule has 2 aliphatic rings. The van der Waals surface area contributed by atoms with Crippen molar-refractivity contribution in [2.75, 3.05) is 31.0 Å². The molecule has 0 saturated carbocycles. The van der Waals surface area contributed by atoms with E-state index in [9.17, 15) is 13.2 Å². The Balaban J connectivity index is 1.36. The summed E-state index contributed by atoms with van der Waals surface area (Å²) in [5.41, 5.74) is 2.20. The van der Waals surface area contributed by atoms with E-state index in [1.54, 1.807) is 42.4 Å². The zero-order valence-electron chi connectivity index (χ0n) is 17.7. The molecule has 0 spiro atoms. The van der Waals surface area contributed by atoms with Crippen molar-refractivity contribution < 1.29 is 13.2 Å². The molecule has 0 radical (unpaired) electrons. The zero-order chi connectivity index (χ0) is 22.3. The summed E-state index contributed by atoms with van der Waals surface area (Å²) in [5, 5.41) is 3.70. The molecule has 1 amide bonds. The summed E-state index contributed by atoms with van der Waals surface area (Å²) in [5.74, 6) is 0.218. The van der Waals surface area contributed by atoms with Gasteiger partial charge in [-0.05, 0) is 36.4 Å². The number of sulfonamides is 1. The number of thioether (sulfide) groups is 1. The van der Waals surface area contributed by atoms with E-state index in [2.05, 4.69) is 9.98 Å². The molecule has 168 valence electrons. The number of thiophene rings is 1. The molecule has 3 aromatic rings. The highest BCUT2D eigenvalue weighted by Gasteiger charge is 2.28. The molecule has 5 rings (SSSR count). The van der Waals surface area contributed by atoms with Gasteiger partial charge in [0.05, 0.1) is 23.4 Å². The molecule has 2 aromatic heterocycles. The molecule has 1 fully saturated rings. The molecular weight excluding hydrogens is 464 g/mol. The fourth-order valence-electron chi connectivity index (χ4n) is 4.15. The van der Waals surface area contributed by atoms with Gasteiger partial charge >= 0.3 is 0 Å². The third-order valence-corrected chi connectivity index (χ3v) is 10.3. The van der Waals surface area contributed by atoms with Crippen LogP contribution in [0.4, 0.5) is 5.69 Å². The third-order valence-electron chi connectivity index (χ3n) is 5.89. The SMILES string of the molecule is CN(c1cccc2cc(C3=NCC(CC(=O)N4CCCC4)S3)[nH]c12)S(=O)(=O)c1cccs1. The number of nitrogens with one attached hydrogen (secondary N) is 1. The van der Waals surface area contributed by atoms with Gasteiger partial charge in [-0.3, -0.25) is 14.1 Å². The summed E-state index contributed by atoms with van der Waals surface area (Å²) in [4.78, 5) is 22.5. The van der Waals surface area contributed by atoms with Gasteiger partial charge in [0.15, 0.2) is 0 Å². The lowest BCUT2D eigenvalue weighted by Gasteiger charge is -2.19. The maximum absolute atomic E-state index is 13.0. The van der Waals surface area contributed by atoms with Crippen molar-refractivity contribution in [2.45, 2.75) is 28.7 Å². The number of anilines is 1. The quantitative estimate of drug-likeness (QED) is 0.570. The number of rotatable bonds is 6. The molecule has 2 aliphatic heterocycles. The number of hydrogen-bond donors (Lipinski definition) is 1. The number of aromatic nitrogens is 1. The highest BCUT2D eigenvalue weighted by Crippen LogP contribution is 2.34. The predicted molar refractivity (Wildman–Crippen MR) is 131 cm³/mol. The summed E-state index contributed by atoms with van der Waals surface area (Å²) in [7, 11) is -2.05. The number of benzene rings is 1. The Labute approximate surface area is 195 Å². The van der Waals surface area contributed by atoms with Gasteiger partial charge in [-0.15, -0.1) is 11.3 Å². The average molecular weight is 489 g/mol. The lowest BCUT2D eigenvalue weighted by Crippen LogP contribution is -2.30. The van der Waals surface area contributed by atoms with E-state index in [1.165, 1.54) is 15.6 Å². The fourth-order valence-corrected chi connectivity index (χ4v) is 7.60. The van der Waals surface area contributed by atoms with Crippen LogP contribution in [0.1, 0.15) is 25.0 Å². The Hall–Kier alpha value is -2.30. The van der Waals surface area contributed by atoms with E-state index in [4.69, 9.17) is 0 Å². The van der Waals surface area contributed by atoms with E-state index >= 15 is 0 Å². The average Bonchev–Trinajstić information content (AvgIpc) is 3.58. The summed E-state index contributed by atoms with van der Waals surface area (Å²) in [6, 6.07) is 11.0. The molecule has 1 N–H and O–H groups in total. The number of aromatic amines is 1. The maximum Gasteiger partial charge on any atom is 0.273 e. The van der Waals surface area contributed by atoms with Crippen molar-refractivity contribution in [3.63, 3.8) is 0 Å². The summed E-state index contributed by atoms with van der Waals surface area (Å²) >= 11 is 2.83. The molecule has 0 aliphatic carbocycles. The maximum atomic E-state index is 13.0. The Bertz CT molecular complexity index is 1270. The van der Waals surface area contributed by atoms with Crippen LogP contribution in [0.15, 0.2) is 51.0 Å². The number of para-hydroxylation sites is 1. The molecule has 4 heterocycles. The van der Waals surface area contributed by atoms with Crippen LogP contribution in [0.25, 0.3) is 10.9 Å². The van der Waals surface area contributed by atoms with Crippen LogP contribution in [0, 0.1) is 0 Å². The number of fused-ring (bicyclic) bond motifs is 1. The number of carbonyl (C=O) groups excluding carboxylic acids is 1. The molecule has 1 saturated heterocycles. The van der Waals surface area contributed by atoms with Gasteiger partial charge in [-0.25, -0.2) is 8.42 Å². The van der Waals surface area contributed by atoms with Crippen molar-refractivity contribution in [3.8, 4) is 0 Å². The number of hydrogen-bond acceptors (Lipinski definition) is 6. The van der Waals surface area contributed by atoms with Crippen molar-refractivity contribution >= 4 is 60.7 Å². The fraction of sp³-hybridized carbons (Fsp3) is 0.364. The minimum atomic E-state index is -3.63. The van der Waals surface area contributed by atoms with Crippen LogP contribution in [0.2, 0.25) is 0 Å². The van der Waals surface area contributed by atoms with Gasteiger partial charge in [-0.1, -0.05) is 30.0 Å². The molecule has 7 nitrogen and oxygen atoms in total. The van der Waals surface area contributed by atoms with E-state index < -0.39 is 10.0 Å². The molecule has 1 aromatic carbocycles. The second-order valence-electron chi connectivity index (χ2n) is 8.01. The van der Waals surface area contributed by atoms with Crippen molar-refractivity contribution in [1.29, 1.82) is 0 Å². The van der Waals surface area contributed by atoms with E-state index in [0.717, 1.165) is 47.6 Å². The van der Waals surface area contributed by atoms with E-state index in [0.29, 0.717) is 22.9 Å². The highest BCUT2D eigenvalue weighted by molar-refractivity contribution is 8.15. The van der Waals surface area contributed by atoms with Crippen molar-refractivity contribution in [3.05, 3.63) is 47.5 Å². The van der Waals surface area contributed by atoms with Crippen LogP contribution in [-0.2, 0) is 14.8 Å². The summed E-state index contributed by atoms with van der Waals surface area (Å²) in [6.45, 7) is 2.36. The zero-order valence-corrected chi connectivity index (χ0v) is 20.1. The van der Waals surface area contributed by atoms with Gasteiger partial charge < -0.3 is 9.88 Å². The lowest BCUT2D eigenvalue weighted by molar-refractivity contribution is -0.130. The monoisotopic (exact) mass is 488 g/mol. The normalized spacial score (nSPS) is 19.0. The number of likely N-dealkylation sites (tertiary alicyclic amines) is 1. The van der Waals surface area contributed by atoms with Crippen LogP contribution >= 0.6 is 23.1 Å². The van der Waals surface area contributed by atoms with Crippen LogP contribution in [0.3, 0.4) is 0 Å². The standard InChI is InChI=1S/C22H24N4O3S3/c1-25(32(28,29)20-8-5-11-30-20)18-7-4-6-15-12-17(24-21(15)18)22-23-14-16(31-22)13-19(27)26-9-2-3-10-26/h4-8,11-12,16,24H,2-3,9-10,13-14H2,1H3. The number of amides is 1. The minimum absolute atomic E-state index is 0.144. The lowest BCUT2D eigenvalue weighted by atomic mass is 10.2. The van der Waals surface area contributed by atoms with Gasteiger partial charge in [0, 0.05) is 37.2 Å². The second-order valence-corrected chi connectivity index (χ2v) is 12.4. The number of carbonyl (C=O) groups is 1. The van der Waals surface area contributed by atoms with Gasteiger partial charge in [0.2, 0.25) is 5.91 Å². The van der Waals surface area contributed by atoms with Crippen LogP contribution < -0.4 is 4.31 Å². The van der Waals surface area contributed by atoms with Crippen molar-refractivity contribution in [1.82, 2.24) is 9.88 Å². The van der Waals surface area contributed by atoms with Gasteiger partial charge in [-0.2, -0.15) is 0 Å². The van der Waals surface area contributed by atoms with E-state index in [-0.39, 0.29) is 11.2 Å². The summed E-state index contributed by atoms with van der Waals surface area (Å²) in [6.07, 6.45) is 2.70. The summed E-state index contributed by atoms with van der Waals surface area (Å²) < 4.78 is 27.7. The topological polar surface area (TPSA) is 85.8 Å². The molecule has 1 atom stereocenters. The van der Waals surface area contributed by atoms with Gasteiger partial charge in [0.25, 0.3) is 10.0 Å². The number of H-pyrrole nitrogens is 1. The third kappa shape index (κ3) is 3.95. The first-order valence-corrected chi connectivity index (χ1v) is 13.8. The van der Waals surface area contributed by atoms with E-state index in [1.807, 2.05) is 23.1 Å². The number of aliphatic imine (C=N–C) groups is 1. The minimum Gasteiger partial charge on any atom is -0.351 e. The second kappa shape index (κ2) is 8.57. The Morgan fingerprint density at radius 3 is 2.81 bits per heavy atom. The Morgan fingerprint density at radius 2 is 2.06 bits per heavy atom. The molecule has 32 heavy (non-hydrogen) atoms. The molecule has 10 heteroatoms. The molecular formula is C22H24N4O3S3. The van der Waals surface area contributed by atoms with Crippen LogP contribution in [0.5, 0.6) is 0 Å². The highest BCUT2D eigenvalue weighted by atomic mass is 32.2. The molecule has 0 bridgehead atoms. The Morgan fingerprint density at radius 1 is 1.25 bits per heavy atom. The largest absolute Gasteiger partial charge is 0.351 e. The van der Waals surface area contributed by atoms with Crippen molar-refractivity contribution in [2.24, 2.45) is 4.99 Å². The first-order valence-electron chi connectivity index (χ1n) is 10.6.